The van der Waals surface area contributed by atoms with E-state index in [0.717, 1.165) is 12.1 Å². The minimum atomic E-state index is -1.37. The molecule has 0 saturated carbocycles. The van der Waals surface area contributed by atoms with Crippen molar-refractivity contribution in [3.63, 3.8) is 0 Å². The van der Waals surface area contributed by atoms with Crippen LogP contribution >= 0.6 is 58.0 Å². The second-order valence-electron chi connectivity index (χ2n) is 4.41. The minimum absolute atomic E-state index is 0.146. The van der Waals surface area contributed by atoms with Gasteiger partial charge in [-0.2, -0.15) is 0 Å². The number of carbonyl (C=O) groups excluding carboxylic acids is 1. The van der Waals surface area contributed by atoms with Gasteiger partial charge >= 0.3 is 5.97 Å². The number of phenols is 4. The Morgan fingerprint density at radius 2 is 1.04 bits per heavy atom. The fourth-order valence-corrected chi connectivity index (χ4v) is 2.57. The van der Waals surface area contributed by atoms with Crippen LogP contribution in [-0.2, 0) is 0 Å². The molecule has 2 rings (SSSR count). The van der Waals surface area contributed by atoms with Crippen LogP contribution in [0.3, 0.4) is 0 Å². The number of aromatic carboxylic acids is 1. The molecule has 0 aliphatic rings. The zero-order valence-corrected chi connectivity index (χ0v) is 15.9. The number of hydrogen-bond donors (Lipinski definition) is 5. The van der Waals surface area contributed by atoms with Gasteiger partial charge in [0, 0.05) is 0 Å². The van der Waals surface area contributed by atoms with Crippen LogP contribution in [0.4, 0.5) is 0 Å². The summed E-state index contributed by atoms with van der Waals surface area (Å²) in [7, 11) is 0. The molecule has 0 unspecified atom stereocenters. The van der Waals surface area contributed by atoms with Crippen molar-refractivity contribution >= 4 is 69.2 Å². The van der Waals surface area contributed by atoms with Gasteiger partial charge in [0.25, 0.3) is 5.24 Å². The standard InChI is InChI=1S/C7H3Cl3O3.C7H4Cl2O4/c8-3-1-2(7(10)13)5(11)4(9)6(3)12;8-3-1-2(7(12)13)5(10)4(9)6(3)11/h1,11-12H;1,10-11H,(H,12,13). The fourth-order valence-electron chi connectivity index (χ4n) is 1.51. The van der Waals surface area contributed by atoms with Crippen LogP contribution < -0.4 is 0 Å². The molecule has 0 saturated heterocycles. The van der Waals surface area contributed by atoms with Crippen molar-refractivity contribution in [2.75, 3.05) is 0 Å². The Bertz CT molecular complexity index is 825. The number of carboxylic acid groups (broad SMARTS) is 1. The molecule has 0 aromatic heterocycles. The minimum Gasteiger partial charge on any atom is -0.505 e. The summed E-state index contributed by atoms with van der Waals surface area (Å²) >= 11 is 26.8. The quantitative estimate of drug-likeness (QED) is 0.400. The van der Waals surface area contributed by atoms with Gasteiger partial charge in [0.1, 0.15) is 21.4 Å². The molecule has 7 nitrogen and oxygen atoms in total. The molecule has 0 radical (unpaired) electrons. The van der Waals surface area contributed by atoms with E-state index in [2.05, 4.69) is 0 Å². The van der Waals surface area contributed by atoms with Gasteiger partial charge in [0.2, 0.25) is 0 Å². The zero-order valence-electron chi connectivity index (χ0n) is 12.1. The second-order valence-corrected chi connectivity index (χ2v) is 6.33. The molecule has 2 aromatic carbocycles. The number of hydrogen-bond acceptors (Lipinski definition) is 6. The first kappa shape index (κ1) is 22.3. The predicted octanol–water partition coefficient (Wildman–Crippen LogP) is 4.89. The maximum absolute atomic E-state index is 10.7. The first-order valence-electron chi connectivity index (χ1n) is 6.13. The molecule has 26 heavy (non-hydrogen) atoms. The molecular weight excluding hydrogens is 457 g/mol. The van der Waals surface area contributed by atoms with E-state index in [9.17, 15) is 14.7 Å². The topological polar surface area (TPSA) is 135 Å². The first-order valence-corrected chi connectivity index (χ1v) is 8.02. The molecule has 2 aromatic rings. The van der Waals surface area contributed by atoms with Gasteiger partial charge in [-0.25, -0.2) is 4.79 Å². The average Bonchev–Trinajstić information content (AvgIpc) is 2.57. The highest BCUT2D eigenvalue weighted by Gasteiger charge is 2.19. The third kappa shape index (κ3) is 4.69. The zero-order chi connectivity index (χ0) is 20.3. The lowest BCUT2D eigenvalue weighted by molar-refractivity contribution is 0.0693. The summed E-state index contributed by atoms with van der Waals surface area (Å²) in [5, 5.41) is 43.0. The summed E-state index contributed by atoms with van der Waals surface area (Å²) in [5.74, 6) is -3.67. The number of rotatable bonds is 2. The number of carbonyl (C=O) groups is 2. The number of halogens is 5. The van der Waals surface area contributed by atoms with Crippen molar-refractivity contribution in [3.8, 4) is 23.0 Å². The Hall–Kier alpha value is -1.77. The summed E-state index contributed by atoms with van der Waals surface area (Å²) in [5.41, 5.74) is -0.692. The van der Waals surface area contributed by atoms with Crippen LogP contribution in [0.25, 0.3) is 0 Å². The summed E-state index contributed by atoms with van der Waals surface area (Å²) in [6.07, 6.45) is 0. The lowest BCUT2D eigenvalue weighted by Crippen LogP contribution is -1.97. The Balaban J connectivity index is 0.000000260. The highest BCUT2D eigenvalue weighted by atomic mass is 35.5. The van der Waals surface area contributed by atoms with E-state index in [1.165, 1.54) is 0 Å². The third-order valence-corrected chi connectivity index (χ3v) is 4.27. The number of benzene rings is 2. The maximum Gasteiger partial charge on any atom is 0.339 e. The second kappa shape index (κ2) is 8.75. The van der Waals surface area contributed by atoms with E-state index in [-0.39, 0.29) is 15.6 Å². The van der Waals surface area contributed by atoms with Gasteiger partial charge in [-0.1, -0.05) is 46.4 Å². The largest absolute Gasteiger partial charge is 0.505 e. The molecule has 0 bridgehead atoms. The van der Waals surface area contributed by atoms with Gasteiger partial charge in [-0.05, 0) is 23.7 Å². The van der Waals surface area contributed by atoms with Crippen LogP contribution in [0.5, 0.6) is 23.0 Å². The Morgan fingerprint density at radius 1 is 0.692 bits per heavy atom. The van der Waals surface area contributed by atoms with Gasteiger partial charge in [-0.15, -0.1) is 0 Å². The first-order chi connectivity index (χ1) is 11.9. The molecule has 140 valence electrons. The van der Waals surface area contributed by atoms with Crippen molar-refractivity contribution in [1.29, 1.82) is 0 Å². The summed E-state index contributed by atoms with van der Waals surface area (Å²) < 4.78 is 0. The smallest absolute Gasteiger partial charge is 0.339 e. The van der Waals surface area contributed by atoms with Gasteiger partial charge in [-0.3, -0.25) is 4.79 Å². The van der Waals surface area contributed by atoms with E-state index in [4.69, 9.17) is 78.4 Å². The summed E-state index contributed by atoms with van der Waals surface area (Å²) in [4.78, 5) is 21.2. The third-order valence-electron chi connectivity index (χ3n) is 2.78. The lowest BCUT2D eigenvalue weighted by atomic mass is 10.2. The fraction of sp³-hybridized carbons (Fsp3) is 0. The lowest BCUT2D eigenvalue weighted by Gasteiger charge is -2.05. The normalized spacial score (nSPS) is 10.0. The van der Waals surface area contributed by atoms with Gasteiger partial charge < -0.3 is 25.5 Å². The van der Waals surface area contributed by atoms with Crippen molar-refractivity contribution in [2.45, 2.75) is 0 Å². The van der Waals surface area contributed by atoms with Crippen molar-refractivity contribution < 1.29 is 35.1 Å². The van der Waals surface area contributed by atoms with Crippen LogP contribution in [0.15, 0.2) is 12.1 Å². The maximum atomic E-state index is 10.7. The number of phenolic OH excluding ortho intramolecular Hbond substituents is 3. The SMILES string of the molecule is O=C(Cl)c1cc(Cl)c(O)c(Cl)c1O.O=C(O)c1cc(Cl)c(O)c(Cl)c1O. The van der Waals surface area contributed by atoms with Crippen LogP contribution in [0, 0.1) is 0 Å². The molecule has 0 atom stereocenters. The van der Waals surface area contributed by atoms with Crippen molar-refractivity contribution in [1.82, 2.24) is 0 Å². The summed E-state index contributed by atoms with van der Waals surface area (Å²) in [6.45, 7) is 0. The molecule has 12 heteroatoms. The molecule has 0 spiro atoms. The highest BCUT2D eigenvalue weighted by molar-refractivity contribution is 6.68. The van der Waals surface area contributed by atoms with E-state index >= 15 is 0 Å². The van der Waals surface area contributed by atoms with Crippen molar-refractivity contribution in [2.24, 2.45) is 0 Å². The van der Waals surface area contributed by atoms with Crippen LogP contribution in [0.1, 0.15) is 20.7 Å². The average molecular weight is 464 g/mol. The van der Waals surface area contributed by atoms with Crippen LogP contribution in [-0.4, -0.2) is 36.7 Å². The number of carboxylic acids is 1. The van der Waals surface area contributed by atoms with Gasteiger partial charge in [0.05, 0.1) is 15.6 Å². The van der Waals surface area contributed by atoms with E-state index in [1.54, 1.807) is 0 Å². The van der Waals surface area contributed by atoms with E-state index < -0.39 is 49.8 Å². The van der Waals surface area contributed by atoms with Gasteiger partial charge in [0.15, 0.2) is 17.2 Å². The monoisotopic (exact) mass is 462 g/mol. The Labute approximate surface area is 170 Å². The molecule has 0 aliphatic carbocycles. The molecular formula is C14H7Cl5O7. The molecule has 0 amide bonds. The molecule has 0 heterocycles. The molecule has 0 fully saturated rings. The Morgan fingerprint density at radius 3 is 1.38 bits per heavy atom. The summed E-state index contributed by atoms with van der Waals surface area (Å²) in [6, 6.07) is 1.95. The molecule has 0 aliphatic heterocycles. The predicted molar refractivity (Wildman–Crippen MR) is 96.7 cm³/mol. The van der Waals surface area contributed by atoms with Crippen molar-refractivity contribution in [3.05, 3.63) is 43.4 Å². The molecule has 5 N–H and O–H groups in total. The Kier molecular flexibility index (Phi) is 7.49. The van der Waals surface area contributed by atoms with E-state index in [0.29, 0.717) is 0 Å². The van der Waals surface area contributed by atoms with Crippen LogP contribution in [0.2, 0.25) is 20.1 Å². The number of aromatic hydroxyl groups is 4. The highest BCUT2D eigenvalue weighted by Crippen LogP contribution is 2.41. The van der Waals surface area contributed by atoms with E-state index in [1.807, 2.05) is 0 Å².